The Bertz CT molecular complexity index is 608. The van der Waals surface area contributed by atoms with Crippen LogP contribution in [0.2, 0.25) is 5.02 Å². The van der Waals surface area contributed by atoms with Gasteiger partial charge in [0.1, 0.15) is 18.5 Å². The van der Waals surface area contributed by atoms with E-state index in [1.54, 1.807) is 12.1 Å². The van der Waals surface area contributed by atoms with Crippen molar-refractivity contribution in [3.63, 3.8) is 0 Å². The minimum absolute atomic E-state index is 0.212. The summed E-state index contributed by atoms with van der Waals surface area (Å²) in [6.07, 6.45) is -0.645. The normalized spacial score (nSPS) is 12.2. The van der Waals surface area contributed by atoms with Crippen LogP contribution in [0.1, 0.15) is 28.4 Å². The number of rotatable bonds is 4. The summed E-state index contributed by atoms with van der Waals surface area (Å²) >= 11 is 5.90. The summed E-state index contributed by atoms with van der Waals surface area (Å²) in [7, 11) is 0. The summed E-state index contributed by atoms with van der Waals surface area (Å²) < 4.78 is 5.59. The summed E-state index contributed by atoms with van der Waals surface area (Å²) in [6.45, 7) is 6.33. The van der Waals surface area contributed by atoms with Crippen LogP contribution in [0.3, 0.4) is 0 Å². The molecule has 0 radical (unpaired) electrons. The number of aliphatic hydroxyl groups excluding tert-OH is 1. The minimum atomic E-state index is -0.645. The molecule has 0 saturated carbocycles. The molecule has 2 rings (SSSR count). The first-order chi connectivity index (χ1) is 9.47. The van der Waals surface area contributed by atoms with E-state index in [2.05, 4.69) is 13.0 Å². The molecule has 2 nitrogen and oxygen atoms in total. The molecule has 2 aromatic rings. The van der Waals surface area contributed by atoms with Gasteiger partial charge < -0.3 is 9.84 Å². The third-order valence-corrected chi connectivity index (χ3v) is 3.68. The zero-order valence-corrected chi connectivity index (χ0v) is 12.7. The average Bonchev–Trinajstić information content (AvgIpc) is 2.40. The van der Waals surface area contributed by atoms with E-state index in [0.717, 1.165) is 11.1 Å². The zero-order valence-electron chi connectivity index (χ0n) is 12.0. The molecule has 2 aromatic carbocycles. The van der Waals surface area contributed by atoms with Gasteiger partial charge in [-0.2, -0.15) is 0 Å². The molecule has 0 aliphatic heterocycles. The molecule has 1 unspecified atom stereocenters. The van der Waals surface area contributed by atoms with Gasteiger partial charge >= 0.3 is 0 Å². The zero-order chi connectivity index (χ0) is 14.7. The summed E-state index contributed by atoms with van der Waals surface area (Å²) in [5.74, 6) is 0.665. The molecule has 0 aliphatic carbocycles. The second kappa shape index (κ2) is 6.29. The van der Waals surface area contributed by atoms with Crippen LogP contribution in [-0.4, -0.2) is 11.7 Å². The topological polar surface area (TPSA) is 29.5 Å². The highest BCUT2D eigenvalue weighted by Gasteiger charge is 2.12. The van der Waals surface area contributed by atoms with Crippen molar-refractivity contribution >= 4 is 11.6 Å². The fourth-order valence-electron chi connectivity index (χ4n) is 2.16. The third kappa shape index (κ3) is 3.53. The molecule has 0 aromatic heterocycles. The van der Waals surface area contributed by atoms with Gasteiger partial charge in [0.05, 0.1) is 0 Å². The highest BCUT2D eigenvalue weighted by molar-refractivity contribution is 6.30. The maximum atomic E-state index is 10.3. The Morgan fingerprint density at radius 2 is 1.75 bits per heavy atom. The fraction of sp³-hybridized carbons (Fsp3) is 0.294. The Balaban J connectivity index is 2.09. The fourth-order valence-corrected chi connectivity index (χ4v) is 2.34. The quantitative estimate of drug-likeness (QED) is 0.905. The van der Waals surface area contributed by atoms with Gasteiger partial charge in [0.15, 0.2) is 0 Å². The molecule has 1 N–H and O–H groups in total. The Hall–Kier alpha value is -1.51. The van der Waals surface area contributed by atoms with Crippen molar-refractivity contribution in [2.24, 2.45) is 0 Å². The molecule has 106 valence electrons. The van der Waals surface area contributed by atoms with Gasteiger partial charge in [-0.25, -0.2) is 0 Å². The van der Waals surface area contributed by atoms with Crippen molar-refractivity contribution in [3.05, 3.63) is 63.7 Å². The van der Waals surface area contributed by atoms with Crippen LogP contribution in [0.25, 0.3) is 0 Å². The number of ether oxygens (including phenoxy) is 1. The van der Waals surface area contributed by atoms with Crippen LogP contribution < -0.4 is 4.74 Å². The van der Waals surface area contributed by atoms with E-state index >= 15 is 0 Å². The first-order valence-corrected chi connectivity index (χ1v) is 6.99. The Kier molecular flexibility index (Phi) is 4.69. The van der Waals surface area contributed by atoms with Gasteiger partial charge in [0.2, 0.25) is 0 Å². The van der Waals surface area contributed by atoms with Gasteiger partial charge in [-0.05, 0) is 61.2 Å². The van der Waals surface area contributed by atoms with Crippen molar-refractivity contribution in [1.29, 1.82) is 0 Å². The highest BCUT2D eigenvalue weighted by Crippen LogP contribution is 2.24. The summed E-state index contributed by atoms with van der Waals surface area (Å²) in [5, 5.41) is 10.9. The highest BCUT2D eigenvalue weighted by atomic mass is 35.5. The van der Waals surface area contributed by atoms with Crippen molar-refractivity contribution in [2.75, 3.05) is 6.61 Å². The van der Waals surface area contributed by atoms with E-state index in [9.17, 15) is 5.11 Å². The maximum Gasteiger partial charge on any atom is 0.120 e. The predicted molar refractivity (Wildman–Crippen MR) is 82.6 cm³/mol. The van der Waals surface area contributed by atoms with Gasteiger partial charge in [-0.1, -0.05) is 29.8 Å². The van der Waals surface area contributed by atoms with Crippen molar-refractivity contribution in [3.8, 4) is 5.75 Å². The molecule has 0 heterocycles. The number of benzene rings is 2. The smallest absolute Gasteiger partial charge is 0.120 e. The lowest BCUT2D eigenvalue weighted by atomic mass is 9.97. The van der Waals surface area contributed by atoms with Crippen LogP contribution in [0, 0.1) is 20.8 Å². The Labute approximate surface area is 125 Å². The summed E-state index contributed by atoms with van der Waals surface area (Å²) in [4.78, 5) is 0. The van der Waals surface area contributed by atoms with Crippen LogP contribution in [0.4, 0.5) is 0 Å². The van der Waals surface area contributed by atoms with Gasteiger partial charge in [-0.3, -0.25) is 0 Å². The number of hydrogen-bond donors (Lipinski definition) is 1. The van der Waals surface area contributed by atoms with Gasteiger partial charge in [-0.15, -0.1) is 0 Å². The molecule has 0 saturated heterocycles. The number of aliphatic hydroxyl groups is 1. The van der Waals surface area contributed by atoms with Crippen LogP contribution in [-0.2, 0) is 0 Å². The average molecular weight is 291 g/mol. The molecule has 0 amide bonds. The summed E-state index contributed by atoms with van der Waals surface area (Å²) in [6, 6.07) is 11.3. The minimum Gasteiger partial charge on any atom is -0.490 e. The van der Waals surface area contributed by atoms with E-state index in [1.807, 2.05) is 32.0 Å². The maximum absolute atomic E-state index is 10.3. The van der Waals surface area contributed by atoms with Crippen molar-refractivity contribution in [1.82, 2.24) is 0 Å². The molecule has 3 heteroatoms. The molecule has 1 atom stereocenters. The monoisotopic (exact) mass is 290 g/mol. The number of aryl methyl sites for hydroxylation is 3. The lowest BCUT2D eigenvalue weighted by Gasteiger charge is -2.17. The Morgan fingerprint density at radius 1 is 1.05 bits per heavy atom. The van der Waals surface area contributed by atoms with Crippen LogP contribution in [0.5, 0.6) is 5.75 Å². The molecular weight excluding hydrogens is 272 g/mol. The number of halogens is 1. The van der Waals surface area contributed by atoms with E-state index in [1.165, 1.54) is 11.1 Å². The first kappa shape index (κ1) is 14.9. The predicted octanol–water partition coefficient (Wildman–Crippen LogP) is 4.38. The third-order valence-electron chi connectivity index (χ3n) is 3.45. The lowest BCUT2D eigenvalue weighted by Crippen LogP contribution is -2.11. The van der Waals surface area contributed by atoms with Crippen molar-refractivity contribution < 1.29 is 9.84 Å². The molecule has 20 heavy (non-hydrogen) atoms. The molecule has 0 spiro atoms. The van der Waals surface area contributed by atoms with E-state index in [-0.39, 0.29) is 6.61 Å². The SMILES string of the molecule is Cc1cc(C)c(C(O)COc2cccc(Cl)c2)cc1C. The molecule has 0 bridgehead atoms. The molecular formula is C17H19ClO2. The van der Waals surface area contributed by atoms with Gasteiger partial charge in [0, 0.05) is 5.02 Å². The number of hydrogen-bond acceptors (Lipinski definition) is 2. The standard InChI is InChI=1S/C17H19ClO2/c1-11-7-13(3)16(8-12(11)2)17(19)10-20-15-6-4-5-14(18)9-15/h4-9,17,19H,10H2,1-3H3. The van der Waals surface area contributed by atoms with Gasteiger partial charge in [0.25, 0.3) is 0 Å². The molecule has 0 fully saturated rings. The second-order valence-electron chi connectivity index (χ2n) is 5.08. The van der Waals surface area contributed by atoms with Crippen molar-refractivity contribution in [2.45, 2.75) is 26.9 Å². The van der Waals surface area contributed by atoms with Crippen LogP contribution in [0.15, 0.2) is 36.4 Å². The van der Waals surface area contributed by atoms with E-state index in [0.29, 0.717) is 10.8 Å². The van der Waals surface area contributed by atoms with Crippen LogP contribution >= 0.6 is 11.6 Å². The van der Waals surface area contributed by atoms with E-state index in [4.69, 9.17) is 16.3 Å². The Morgan fingerprint density at radius 3 is 2.45 bits per heavy atom. The summed E-state index contributed by atoms with van der Waals surface area (Å²) in [5.41, 5.74) is 4.40. The second-order valence-corrected chi connectivity index (χ2v) is 5.51. The molecule has 0 aliphatic rings. The first-order valence-electron chi connectivity index (χ1n) is 6.61. The largest absolute Gasteiger partial charge is 0.490 e. The van der Waals surface area contributed by atoms with E-state index < -0.39 is 6.10 Å². The lowest BCUT2D eigenvalue weighted by molar-refractivity contribution is 0.107.